The van der Waals surface area contributed by atoms with Gasteiger partial charge in [-0.3, -0.25) is 14.4 Å². The van der Waals surface area contributed by atoms with E-state index in [9.17, 15) is 14.4 Å². The van der Waals surface area contributed by atoms with Crippen molar-refractivity contribution in [1.82, 2.24) is 0 Å². The van der Waals surface area contributed by atoms with Gasteiger partial charge in [0.1, 0.15) is 0 Å². The van der Waals surface area contributed by atoms with Gasteiger partial charge in [-0.05, 0) is 79.1 Å². The maximum Gasteiger partial charge on any atom is 0.229 e. The zero-order valence-electron chi connectivity index (χ0n) is 16.9. The molecular weight excluding hydrogens is 378 g/mol. The summed E-state index contributed by atoms with van der Waals surface area (Å²) < 4.78 is 0. The number of fused-ring (bicyclic) bond motifs is 2. The second kappa shape index (κ2) is 7.59. The van der Waals surface area contributed by atoms with Crippen molar-refractivity contribution in [2.45, 2.75) is 44.9 Å². The summed E-state index contributed by atoms with van der Waals surface area (Å²) in [6, 6.07) is 11.8. The van der Waals surface area contributed by atoms with E-state index in [4.69, 9.17) is 0 Å². The minimum absolute atomic E-state index is 0.00209. The van der Waals surface area contributed by atoms with Crippen molar-refractivity contribution in [3.63, 3.8) is 0 Å². The number of hydrogen-bond donors (Lipinski definition) is 2. The van der Waals surface area contributed by atoms with E-state index in [-0.39, 0.29) is 30.1 Å². The molecule has 6 nitrogen and oxygen atoms in total. The summed E-state index contributed by atoms with van der Waals surface area (Å²) in [4.78, 5) is 38.9. The van der Waals surface area contributed by atoms with Gasteiger partial charge in [-0.2, -0.15) is 0 Å². The minimum Gasteiger partial charge on any atom is -0.326 e. The lowest BCUT2D eigenvalue weighted by atomic mass is 10.1. The van der Waals surface area contributed by atoms with Crippen LogP contribution in [0.2, 0.25) is 0 Å². The Kier molecular flexibility index (Phi) is 4.77. The second-order valence-electron chi connectivity index (χ2n) is 8.47. The highest BCUT2D eigenvalue weighted by Crippen LogP contribution is 2.31. The number of carbonyl (C=O) groups excluding carboxylic acids is 3. The topological polar surface area (TPSA) is 78.5 Å². The van der Waals surface area contributed by atoms with Gasteiger partial charge in [-0.25, -0.2) is 0 Å². The number of nitrogens with zero attached hydrogens (tertiary/aromatic N) is 1. The number of rotatable bonds is 3. The Hall–Kier alpha value is -3.15. The Morgan fingerprint density at radius 1 is 0.933 bits per heavy atom. The Labute approximate surface area is 175 Å². The molecule has 1 unspecified atom stereocenters. The molecule has 0 spiro atoms. The van der Waals surface area contributed by atoms with Gasteiger partial charge in [0.25, 0.3) is 0 Å². The lowest BCUT2D eigenvalue weighted by Crippen LogP contribution is -2.28. The summed E-state index contributed by atoms with van der Waals surface area (Å²) in [5.74, 6) is -0.478. The van der Waals surface area contributed by atoms with E-state index in [2.05, 4.69) is 22.8 Å². The van der Waals surface area contributed by atoms with Crippen LogP contribution in [0.25, 0.3) is 0 Å². The van der Waals surface area contributed by atoms with Crippen LogP contribution in [-0.4, -0.2) is 24.3 Å². The number of amides is 3. The molecule has 0 bridgehead atoms. The monoisotopic (exact) mass is 403 g/mol. The average molecular weight is 403 g/mol. The van der Waals surface area contributed by atoms with Crippen LogP contribution in [0.4, 0.5) is 17.1 Å². The van der Waals surface area contributed by atoms with E-state index in [1.54, 1.807) is 11.0 Å². The Morgan fingerprint density at radius 3 is 2.63 bits per heavy atom. The molecule has 1 saturated heterocycles. The Morgan fingerprint density at radius 2 is 1.73 bits per heavy atom. The Bertz CT molecular complexity index is 1050. The van der Waals surface area contributed by atoms with Crippen molar-refractivity contribution in [3.8, 4) is 0 Å². The summed E-state index contributed by atoms with van der Waals surface area (Å²) >= 11 is 0. The van der Waals surface area contributed by atoms with E-state index in [0.29, 0.717) is 18.7 Å². The fourth-order valence-electron chi connectivity index (χ4n) is 4.76. The summed E-state index contributed by atoms with van der Waals surface area (Å²) in [7, 11) is 0. The molecule has 0 radical (unpaired) electrons. The zero-order valence-corrected chi connectivity index (χ0v) is 16.9. The first-order valence-electron chi connectivity index (χ1n) is 10.7. The molecular formula is C24H25N3O3. The van der Waals surface area contributed by atoms with Gasteiger partial charge >= 0.3 is 0 Å². The molecule has 2 aromatic carbocycles. The Balaban J connectivity index is 1.28. The largest absolute Gasteiger partial charge is 0.326 e. The molecule has 6 heteroatoms. The molecule has 30 heavy (non-hydrogen) atoms. The molecule has 1 fully saturated rings. The molecule has 2 aromatic rings. The highest BCUT2D eigenvalue weighted by atomic mass is 16.2. The first-order valence-corrected chi connectivity index (χ1v) is 10.7. The smallest absolute Gasteiger partial charge is 0.229 e. The van der Waals surface area contributed by atoms with Gasteiger partial charge in [-0.1, -0.05) is 6.07 Å². The lowest BCUT2D eigenvalue weighted by molar-refractivity contribution is -0.122. The third-order valence-corrected chi connectivity index (χ3v) is 6.39. The first-order chi connectivity index (χ1) is 14.6. The molecule has 154 valence electrons. The van der Waals surface area contributed by atoms with Crippen LogP contribution >= 0.6 is 0 Å². The fraction of sp³-hybridized carbons (Fsp3) is 0.375. The van der Waals surface area contributed by atoms with Crippen molar-refractivity contribution in [2.75, 3.05) is 22.1 Å². The zero-order chi connectivity index (χ0) is 20.7. The number of nitrogens with one attached hydrogen (secondary N) is 2. The van der Waals surface area contributed by atoms with Crippen molar-refractivity contribution in [2.24, 2.45) is 5.92 Å². The lowest BCUT2D eigenvalue weighted by Gasteiger charge is -2.18. The van der Waals surface area contributed by atoms with Crippen LogP contribution in [0.1, 0.15) is 42.4 Å². The second-order valence-corrected chi connectivity index (χ2v) is 8.47. The number of hydrogen-bond acceptors (Lipinski definition) is 3. The van der Waals surface area contributed by atoms with E-state index in [0.717, 1.165) is 42.6 Å². The molecule has 3 aliphatic rings. The predicted molar refractivity (Wildman–Crippen MR) is 116 cm³/mol. The molecule has 3 amide bonds. The fourth-order valence-corrected chi connectivity index (χ4v) is 4.76. The van der Waals surface area contributed by atoms with Crippen LogP contribution < -0.4 is 15.5 Å². The van der Waals surface area contributed by atoms with E-state index in [1.165, 1.54) is 17.5 Å². The highest BCUT2D eigenvalue weighted by Gasteiger charge is 2.35. The standard InChI is InChI=1S/C24H25N3O3/c28-22-6-2-5-17-11-19(8-10-21(17)26-22)25-24(30)18-13-23(29)27(14-18)20-9-7-15-3-1-4-16(15)12-20/h7-12,18H,1-6,13-14H2,(H,25,30)(H,26,28). The number of anilines is 3. The number of carbonyl (C=O) groups is 3. The quantitative estimate of drug-likeness (QED) is 0.824. The van der Waals surface area contributed by atoms with Gasteiger partial charge in [0.05, 0.1) is 5.92 Å². The molecule has 2 aliphatic heterocycles. The third-order valence-electron chi connectivity index (χ3n) is 6.39. The molecule has 0 saturated carbocycles. The minimum atomic E-state index is -0.371. The first kappa shape index (κ1) is 18.9. The van der Waals surface area contributed by atoms with Crippen LogP contribution in [0.3, 0.4) is 0 Å². The van der Waals surface area contributed by atoms with Gasteiger partial charge in [0.2, 0.25) is 17.7 Å². The van der Waals surface area contributed by atoms with Crippen LogP contribution in [0.15, 0.2) is 36.4 Å². The van der Waals surface area contributed by atoms with Crippen molar-refractivity contribution in [3.05, 3.63) is 53.1 Å². The van der Waals surface area contributed by atoms with Crippen molar-refractivity contribution < 1.29 is 14.4 Å². The van der Waals surface area contributed by atoms with E-state index < -0.39 is 0 Å². The van der Waals surface area contributed by atoms with Gasteiger partial charge in [0, 0.05) is 36.4 Å². The van der Waals surface area contributed by atoms with Gasteiger partial charge < -0.3 is 15.5 Å². The molecule has 2 heterocycles. The van der Waals surface area contributed by atoms with Gasteiger partial charge in [0.15, 0.2) is 0 Å². The van der Waals surface area contributed by atoms with Crippen molar-refractivity contribution >= 4 is 34.8 Å². The predicted octanol–water partition coefficient (Wildman–Crippen LogP) is 3.44. The maximum absolute atomic E-state index is 12.9. The summed E-state index contributed by atoms with van der Waals surface area (Å²) in [5, 5.41) is 5.87. The number of aryl methyl sites for hydroxylation is 3. The van der Waals surface area contributed by atoms with E-state index in [1.807, 2.05) is 18.2 Å². The molecule has 1 atom stereocenters. The maximum atomic E-state index is 12.9. The molecule has 0 aromatic heterocycles. The average Bonchev–Trinajstić information content (AvgIpc) is 3.30. The van der Waals surface area contributed by atoms with Gasteiger partial charge in [-0.15, -0.1) is 0 Å². The van der Waals surface area contributed by atoms with E-state index >= 15 is 0 Å². The molecule has 5 rings (SSSR count). The number of benzene rings is 2. The normalized spacial score (nSPS) is 20.4. The molecule has 2 N–H and O–H groups in total. The van der Waals surface area contributed by atoms with Crippen LogP contribution in [-0.2, 0) is 33.6 Å². The van der Waals surface area contributed by atoms with Crippen LogP contribution in [0, 0.1) is 5.92 Å². The third kappa shape index (κ3) is 3.58. The highest BCUT2D eigenvalue weighted by molar-refractivity contribution is 6.03. The molecule has 1 aliphatic carbocycles. The van der Waals surface area contributed by atoms with Crippen LogP contribution in [0.5, 0.6) is 0 Å². The van der Waals surface area contributed by atoms with Crippen molar-refractivity contribution in [1.29, 1.82) is 0 Å². The SMILES string of the molecule is O=C1CCCc2cc(NC(=O)C3CC(=O)N(c4ccc5c(c4)CCC5)C3)ccc2N1. The summed E-state index contributed by atoms with van der Waals surface area (Å²) in [5.41, 5.74) is 6.15. The summed E-state index contributed by atoms with van der Waals surface area (Å²) in [6.07, 6.45) is 5.67. The summed E-state index contributed by atoms with van der Waals surface area (Å²) in [6.45, 7) is 0.407.